The van der Waals surface area contributed by atoms with Gasteiger partial charge in [-0.1, -0.05) is 6.08 Å². The second-order valence-corrected chi connectivity index (χ2v) is 4.24. The van der Waals surface area contributed by atoms with Crippen LogP contribution in [0.3, 0.4) is 0 Å². The number of amides is 1. The summed E-state index contributed by atoms with van der Waals surface area (Å²) in [5.41, 5.74) is 7.41. The molecule has 1 aromatic rings. The SMILES string of the molecule is C=CCN(C(=O)c1cc(N)cnc1C)C(C)C. The van der Waals surface area contributed by atoms with Crippen molar-refractivity contribution in [3.63, 3.8) is 0 Å². The number of nitrogen functional groups attached to an aromatic ring is 1. The Labute approximate surface area is 102 Å². The fraction of sp³-hybridized carbons (Fsp3) is 0.385. The topological polar surface area (TPSA) is 59.2 Å². The van der Waals surface area contributed by atoms with Gasteiger partial charge in [-0.3, -0.25) is 9.78 Å². The molecule has 17 heavy (non-hydrogen) atoms. The van der Waals surface area contributed by atoms with Gasteiger partial charge in [-0.05, 0) is 26.8 Å². The Morgan fingerprint density at radius 1 is 1.65 bits per heavy atom. The first-order valence-electron chi connectivity index (χ1n) is 5.61. The number of carbonyl (C=O) groups excluding carboxylic acids is 1. The number of hydrogen-bond donors (Lipinski definition) is 1. The predicted molar refractivity (Wildman–Crippen MR) is 69.8 cm³/mol. The van der Waals surface area contributed by atoms with E-state index in [9.17, 15) is 4.79 Å². The Balaban J connectivity index is 3.08. The molecular weight excluding hydrogens is 214 g/mol. The lowest BCUT2D eigenvalue weighted by atomic mass is 10.1. The molecule has 0 aliphatic rings. The van der Waals surface area contributed by atoms with Gasteiger partial charge in [0.1, 0.15) is 0 Å². The van der Waals surface area contributed by atoms with E-state index in [2.05, 4.69) is 11.6 Å². The minimum Gasteiger partial charge on any atom is -0.397 e. The minimum absolute atomic E-state index is 0.0581. The van der Waals surface area contributed by atoms with E-state index < -0.39 is 0 Å². The first-order chi connectivity index (χ1) is 7.97. The Morgan fingerprint density at radius 2 is 2.29 bits per heavy atom. The van der Waals surface area contributed by atoms with Crippen LogP contribution in [-0.2, 0) is 0 Å². The van der Waals surface area contributed by atoms with Gasteiger partial charge in [0.2, 0.25) is 0 Å². The molecule has 0 fully saturated rings. The molecule has 92 valence electrons. The quantitative estimate of drug-likeness (QED) is 0.809. The monoisotopic (exact) mass is 233 g/mol. The number of pyridine rings is 1. The fourth-order valence-corrected chi connectivity index (χ4v) is 1.59. The van der Waals surface area contributed by atoms with Crippen LogP contribution in [0.5, 0.6) is 0 Å². The van der Waals surface area contributed by atoms with Gasteiger partial charge in [0.15, 0.2) is 0 Å². The number of rotatable bonds is 4. The van der Waals surface area contributed by atoms with Crippen LogP contribution in [0.2, 0.25) is 0 Å². The molecule has 0 saturated heterocycles. The zero-order chi connectivity index (χ0) is 13.0. The molecule has 1 amide bonds. The normalized spacial score (nSPS) is 10.4. The van der Waals surface area contributed by atoms with Gasteiger partial charge >= 0.3 is 0 Å². The van der Waals surface area contributed by atoms with Gasteiger partial charge in [0, 0.05) is 12.6 Å². The van der Waals surface area contributed by atoms with E-state index in [0.717, 1.165) is 0 Å². The summed E-state index contributed by atoms with van der Waals surface area (Å²) in [4.78, 5) is 18.2. The molecule has 4 nitrogen and oxygen atoms in total. The summed E-state index contributed by atoms with van der Waals surface area (Å²) in [7, 11) is 0. The fourth-order valence-electron chi connectivity index (χ4n) is 1.59. The number of nitrogens with zero attached hydrogens (tertiary/aromatic N) is 2. The molecule has 0 radical (unpaired) electrons. The largest absolute Gasteiger partial charge is 0.397 e. The Kier molecular flexibility index (Phi) is 4.26. The van der Waals surface area contributed by atoms with Crippen LogP contribution < -0.4 is 5.73 Å². The summed E-state index contributed by atoms with van der Waals surface area (Å²) in [5.74, 6) is -0.0581. The van der Waals surface area contributed by atoms with Crippen molar-refractivity contribution in [2.45, 2.75) is 26.8 Å². The van der Waals surface area contributed by atoms with Crippen LogP contribution in [0.1, 0.15) is 29.9 Å². The van der Waals surface area contributed by atoms with E-state index in [1.807, 2.05) is 13.8 Å². The summed E-state index contributed by atoms with van der Waals surface area (Å²) < 4.78 is 0. The molecule has 0 atom stereocenters. The van der Waals surface area contributed by atoms with Crippen molar-refractivity contribution >= 4 is 11.6 Å². The highest BCUT2D eigenvalue weighted by Gasteiger charge is 2.19. The van der Waals surface area contributed by atoms with Gasteiger partial charge in [-0.15, -0.1) is 6.58 Å². The number of nitrogens with two attached hydrogens (primary N) is 1. The second kappa shape index (κ2) is 5.48. The van der Waals surface area contributed by atoms with Crippen molar-refractivity contribution < 1.29 is 4.79 Å². The maximum Gasteiger partial charge on any atom is 0.256 e. The highest BCUT2D eigenvalue weighted by atomic mass is 16.2. The molecule has 0 bridgehead atoms. The Hall–Kier alpha value is -1.84. The summed E-state index contributed by atoms with van der Waals surface area (Å²) in [6.45, 7) is 9.93. The van der Waals surface area contributed by atoms with E-state index in [-0.39, 0.29) is 11.9 Å². The average molecular weight is 233 g/mol. The summed E-state index contributed by atoms with van der Waals surface area (Å²) in [5, 5.41) is 0. The molecular formula is C13H19N3O. The van der Waals surface area contributed by atoms with Crippen LogP contribution in [0, 0.1) is 6.92 Å². The van der Waals surface area contributed by atoms with E-state index in [4.69, 9.17) is 5.73 Å². The van der Waals surface area contributed by atoms with Gasteiger partial charge in [0.25, 0.3) is 5.91 Å². The lowest BCUT2D eigenvalue weighted by Gasteiger charge is -2.26. The summed E-state index contributed by atoms with van der Waals surface area (Å²) >= 11 is 0. The third-order valence-electron chi connectivity index (χ3n) is 2.55. The van der Waals surface area contributed by atoms with Gasteiger partial charge in [0.05, 0.1) is 23.1 Å². The van der Waals surface area contributed by atoms with E-state index in [1.165, 1.54) is 0 Å². The van der Waals surface area contributed by atoms with Crippen molar-refractivity contribution in [1.82, 2.24) is 9.88 Å². The van der Waals surface area contributed by atoms with Crippen LogP contribution in [0.25, 0.3) is 0 Å². The van der Waals surface area contributed by atoms with Crippen LogP contribution in [0.4, 0.5) is 5.69 Å². The lowest BCUT2D eigenvalue weighted by Crippen LogP contribution is -2.37. The van der Waals surface area contributed by atoms with Crippen molar-refractivity contribution in [3.8, 4) is 0 Å². The molecule has 2 N–H and O–H groups in total. The zero-order valence-electron chi connectivity index (χ0n) is 10.6. The maximum atomic E-state index is 12.3. The van der Waals surface area contributed by atoms with E-state index in [1.54, 1.807) is 30.2 Å². The number of carbonyl (C=O) groups is 1. The third-order valence-corrected chi connectivity index (χ3v) is 2.55. The summed E-state index contributed by atoms with van der Waals surface area (Å²) in [6.07, 6.45) is 3.27. The molecule has 0 aliphatic heterocycles. The Morgan fingerprint density at radius 3 is 2.82 bits per heavy atom. The first kappa shape index (κ1) is 13.2. The molecule has 0 saturated carbocycles. The molecule has 1 aromatic heterocycles. The minimum atomic E-state index is -0.0581. The highest BCUT2D eigenvalue weighted by molar-refractivity contribution is 5.96. The number of anilines is 1. The van der Waals surface area contributed by atoms with Crippen molar-refractivity contribution in [3.05, 3.63) is 36.2 Å². The molecule has 0 unspecified atom stereocenters. The second-order valence-electron chi connectivity index (χ2n) is 4.24. The average Bonchev–Trinajstić information content (AvgIpc) is 2.28. The number of aryl methyl sites for hydroxylation is 1. The standard InChI is InChI=1S/C13H19N3O/c1-5-6-16(9(2)3)13(17)12-7-11(14)8-15-10(12)4/h5,7-9H,1,6,14H2,2-4H3. The predicted octanol–water partition coefficient (Wildman–Crippen LogP) is 2.01. The van der Waals surface area contributed by atoms with Crippen molar-refractivity contribution in [1.29, 1.82) is 0 Å². The van der Waals surface area contributed by atoms with E-state index in [0.29, 0.717) is 23.5 Å². The maximum absolute atomic E-state index is 12.3. The van der Waals surface area contributed by atoms with Crippen molar-refractivity contribution in [2.75, 3.05) is 12.3 Å². The number of hydrogen-bond acceptors (Lipinski definition) is 3. The molecule has 0 aliphatic carbocycles. The van der Waals surface area contributed by atoms with Crippen LogP contribution in [-0.4, -0.2) is 28.4 Å². The molecule has 0 aromatic carbocycles. The lowest BCUT2D eigenvalue weighted by molar-refractivity contribution is 0.0727. The first-order valence-corrected chi connectivity index (χ1v) is 5.61. The zero-order valence-corrected chi connectivity index (χ0v) is 10.6. The molecule has 1 heterocycles. The van der Waals surface area contributed by atoms with Crippen LogP contribution >= 0.6 is 0 Å². The highest BCUT2D eigenvalue weighted by Crippen LogP contribution is 2.14. The molecule has 0 spiro atoms. The summed E-state index contributed by atoms with van der Waals surface area (Å²) in [6, 6.07) is 1.78. The van der Waals surface area contributed by atoms with Gasteiger partial charge in [-0.2, -0.15) is 0 Å². The Bertz CT molecular complexity index is 427. The van der Waals surface area contributed by atoms with Crippen molar-refractivity contribution in [2.24, 2.45) is 0 Å². The van der Waals surface area contributed by atoms with E-state index >= 15 is 0 Å². The molecule has 1 rings (SSSR count). The third kappa shape index (κ3) is 3.06. The van der Waals surface area contributed by atoms with Crippen LogP contribution in [0.15, 0.2) is 24.9 Å². The molecule has 4 heteroatoms. The van der Waals surface area contributed by atoms with Gasteiger partial charge < -0.3 is 10.6 Å². The number of aromatic nitrogens is 1. The smallest absolute Gasteiger partial charge is 0.256 e. The van der Waals surface area contributed by atoms with Gasteiger partial charge in [-0.25, -0.2) is 0 Å².